The van der Waals surface area contributed by atoms with Gasteiger partial charge in [0.15, 0.2) is 5.16 Å². The Kier molecular flexibility index (Phi) is 5.52. The second-order valence-corrected chi connectivity index (χ2v) is 7.42. The zero-order valence-corrected chi connectivity index (χ0v) is 14.7. The first-order valence-electron chi connectivity index (χ1n) is 8.28. The number of nitrogens with zero attached hydrogens (tertiary/aromatic N) is 4. The molecule has 1 amide bonds. The lowest BCUT2D eigenvalue weighted by molar-refractivity contribution is -0.117. The Labute approximate surface area is 146 Å². The van der Waals surface area contributed by atoms with Crippen molar-refractivity contribution in [1.82, 2.24) is 19.7 Å². The lowest BCUT2D eigenvalue weighted by Crippen LogP contribution is -2.24. The molecule has 0 spiro atoms. The minimum absolute atomic E-state index is 0.330. The first kappa shape index (κ1) is 17.0. The summed E-state index contributed by atoms with van der Waals surface area (Å²) in [6.07, 6.45) is 2.49. The SMILES string of the molecule is CC(Sc1nnc(CN2CCCC2)n1Cc1ccccc1)C(N)=O. The number of nitrogens with two attached hydrogens (primary N) is 1. The number of hydrogen-bond donors (Lipinski definition) is 1. The molecular formula is C17H23N5OS. The number of carbonyl (C=O) groups is 1. The topological polar surface area (TPSA) is 77.0 Å². The van der Waals surface area contributed by atoms with Crippen molar-refractivity contribution in [2.45, 2.75) is 43.3 Å². The third-order valence-electron chi connectivity index (χ3n) is 4.22. The van der Waals surface area contributed by atoms with Gasteiger partial charge in [0.05, 0.1) is 18.3 Å². The van der Waals surface area contributed by atoms with Gasteiger partial charge in [-0.1, -0.05) is 42.1 Å². The third-order valence-corrected chi connectivity index (χ3v) is 5.32. The molecule has 1 saturated heterocycles. The minimum atomic E-state index is -0.338. The van der Waals surface area contributed by atoms with Gasteiger partial charge >= 0.3 is 0 Å². The van der Waals surface area contributed by atoms with Crippen LogP contribution in [-0.2, 0) is 17.9 Å². The highest BCUT2D eigenvalue weighted by Crippen LogP contribution is 2.24. The summed E-state index contributed by atoms with van der Waals surface area (Å²) in [4.78, 5) is 13.8. The van der Waals surface area contributed by atoms with Crippen LogP contribution in [0.4, 0.5) is 0 Å². The van der Waals surface area contributed by atoms with Crippen LogP contribution in [0.1, 0.15) is 31.2 Å². The molecule has 1 aliphatic rings. The first-order valence-corrected chi connectivity index (χ1v) is 9.16. The molecule has 1 atom stereocenters. The number of aromatic nitrogens is 3. The Morgan fingerprint density at radius 2 is 1.92 bits per heavy atom. The van der Waals surface area contributed by atoms with Crippen LogP contribution in [0, 0.1) is 0 Å². The van der Waals surface area contributed by atoms with E-state index < -0.39 is 0 Å². The van der Waals surface area contributed by atoms with Crippen LogP contribution >= 0.6 is 11.8 Å². The summed E-state index contributed by atoms with van der Waals surface area (Å²) >= 11 is 1.37. The monoisotopic (exact) mass is 345 g/mol. The summed E-state index contributed by atoms with van der Waals surface area (Å²) in [5, 5.41) is 9.12. The van der Waals surface area contributed by atoms with Crippen molar-refractivity contribution in [1.29, 1.82) is 0 Å². The summed E-state index contributed by atoms with van der Waals surface area (Å²) in [6, 6.07) is 10.2. The lowest BCUT2D eigenvalue weighted by atomic mass is 10.2. The molecule has 1 unspecified atom stereocenters. The summed E-state index contributed by atoms with van der Waals surface area (Å²) in [5.74, 6) is 0.607. The van der Waals surface area contributed by atoms with Gasteiger partial charge in [-0.15, -0.1) is 10.2 Å². The Morgan fingerprint density at radius 1 is 1.21 bits per heavy atom. The molecule has 1 aliphatic heterocycles. The lowest BCUT2D eigenvalue weighted by Gasteiger charge is -2.16. The molecule has 3 rings (SSSR count). The number of likely N-dealkylation sites (tertiary alicyclic amines) is 1. The van der Waals surface area contributed by atoms with Crippen LogP contribution in [-0.4, -0.2) is 43.9 Å². The molecule has 6 nitrogen and oxygen atoms in total. The van der Waals surface area contributed by atoms with E-state index in [4.69, 9.17) is 5.73 Å². The van der Waals surface area contributed by atoms with E-state index in [1.165, 1.54) is 30.2 Å². The summed E-state index contributed by atoms with van der Waals surface area (Å²) in [5.41, 5.74) is 6.59. The fourth-order valence-corrected chi connectivity index (χ4v) is 3.62. The van der Waals surface area contributed by atoms with Crippen molar-refractivity contribution >= 4 is 17.7 Å². The van der Waals surface area contributed by atoms with E-state index in [1.54, 1.807) is 6.92 Å². The zero-order chi connectivity index (χ0) is 16.9. The summed E-state index contributed by atoms with van der Waals surface area (Å²) in [7, 11) is 0. The number of thioether (sulfide) groups is 1. The number of primary amides is 1. The van der Waals surface area contributed by atoms with Crippen molar-refractivity contribution in [3.8, 4) is 0 Å². The standard InChI is InChI=1S/C17H23N5OS/c1-13(16(18)23)24-17-20-19-15(12-21-9-5-6-10-21)22(17)11-14-7-3-2-4-8-14/h2-4,7-8,13H,5-6,9-12H2,1H3,(H2,18,23). The number of benzene rings is 1. The predicted molar refractivity (Wildman–Crippen MR) is 94.6 cm³/mol. The van der Waals surface area contributed by atoms with Crippen LogP contribution in [0.3, 0.4) is 0 Å². The molecule has 1 aromatic carbocycles. The van der Waals surface area contributed by atoms with E-state index in [1.807, 2.05) is 18.2 Å². The molecule has 1 fully saturated rings. The highest BCUT2D eigenvalue weighted by Gasteiger charge is 2.21. The van der Waals surface area contributed by atoms with Gasteiger partial charge in [-0.25, -0.2) is 0 Å². The van der Waals surface area contributed by atoms with Crippen LogP contribution in [0.15, 0.2) is 35.5 Å². The second kappa shape index (κ2) is 7.81. The van der Waals surface area contributed by atoms with Crippen LogP contribution in [0.25, 0.3) is 0 Å². The van der Waals surface area contributed by atoms with Crippen molar-refractivity contribution in [3.05, 3.63) is 41.7 Å². The van der Waals surface area contributed by atoms with Gasteiger partial charge in [0.25, 0.3) is 0 Å². The van der Waals surface area contributed by atoms with Gasteiger partial charge in [0, 0.05) is 0 Å². The van der Waals surface area contributed by atoms with Crippen LogP contribution in [0.5, 0.6) is 0 Å². The molecule has 128 valence electrons. The highest BCUT2D eigenvalue weighted by molar-refractivity contribution is 8.00. The largest absolute Gasteiger partial charge is 0.369 e. The maximum absolute atomic E-state index is 11.4. The Bertz CT molecular complexity index is 682. The Morgan fingerprint density at radius 3 is 2.58 bits per heavy atom. The normalized spacial score (nSPS) is 16.4. The van der Waals surface area contributed by atoms with E-state index in [-0.39, 0.29) is 11.2 Å². The van der Waals surface area contributed by atoms with Crippen molar-refractivity contribution in [2.24, 2.45) is 5.73 Å². The molecule has 0 radical (unpaired) electrons. The van der Waals surface area contributed by atoms with Gasteiger partial charge < -0.3 is 10.3 Å². The summed E-state index contributed by atoms with van der Waals surface area (Å²) in [6.45, 7) is 5.52. The van der Waals surface area contributed by atoms with E-state index in [0.29, 0.717) is 6.54 Å². The van der Waals surface area contributed by atoms with E-state index in [2.05, 4.69) is 31.8 Å². The molecule has 2 heterocycles. The molecule has 0 aliphatic carbocycles. The number of amides is 1. The maximum Gasteiger partial charge on any atom is 0.230 e. The van der Waals surface area contributed by atoms with Gasteiger partial charge in [0.2, 0.25) is 5.91 Å². The van der Waals surface area contributed by atoms with Crippen molar-refractivity contribution in [3.63, 3.8) is 0 Å². The third kappa shape index (κ3) is 4.15. The number of rotatable bonds is 7. The maximum atomic E-state index is 11.4. The van der Waals surface area contributed by atoms with E-state index >= 15 is 0 Å². The van der Waals surface area contributed by atoms with Crippen molar-refractivity contribution < 1.29 is 4.79 Å². The molecule has 7 heteroatoms. The summed E-state index contributed by atoms with van der Waals surface area (Å²) < 4.78 is 2.11. The first-order chi connectivity index (χ1) is 11.6. The second-order valence-electron chi connectivity index (χ2n) is 6.12. The minimum Gasteiger partial charge on any atom is -0.369 e. The van der Waals surface area contributed by atoms with Crippen LogP contribution in [0.2, 0.25) is 0 Å². The molecule has 24 heavy (non-hydrogen) atoms. The van der Waals surface area contributed by atoms with Crippen molar-refractivity contribution in [2.75, 3.05) is 13.1 Å². The van der Waals surface area contributed by atoms with Crippen LogP contribution < -0.4 is 5.73 Å². The molecule has 2 aromatic rings. The van der Waals surface area contributed by atoms with Gasteiger partial charge in [-0.05, 0) is 38.4 Å². The Hall–Kier alpha value is -1.86. The fourth-order valence-electron chi connectivity index (χ4n) is 2.80. The van der Waals surface area contributed by atoms with E-state index in [0.717, 1.165) is 30.6 Å². The molecule has 0 bridgehead atoms. The predicted octanol–water partition coefficient (Wildman–Crippen LogP) is 1.89. The van der Waals surface area contributed by atoms with Gasteiger partial charge in [-0.2, -0.15) is 0 Å². The molecule has 2 N–H and O–H groups in total. The smallest absolute Gasteiger partial charge is 0.230 e. The fraction of sp³-hybridized carbons (Fsp3) is 0.471. The Balaban J connectivity index is 1.84. The molecular weight excluding hydrogens is 322 g/mol. The van der Waals surface area contributed by atoms with E-state index in [9.17, 15) is 4.79 Å². The van der Waals surface area contributed by atoms with Gasteiger partial charge in [-0.3, -0.25) is 9.69 Å². The quantitative estimate of drug-likeness (QED) is 0.776. The number of hydrogen-bond acceptors (Lipinski definition) is 5. The zero-order valence-electron chi connectivity index (χ0n) is 13.9. The average molecular weight is 345 g/mol. The number of carbonyl (C=O) groups excluding carboxylic acids is 1. The molecule has 0 saturated carbocycles. The highest BCUT2D eigenvalue weighted by atomic mass is 32.2. The molecule has 1 aromatic heterocycles. The van der Waals surface area contributed by atoms with Gasteiger partial charge in [0.1, 0.15) is 5.82 Å². The average Bonchev–Trinajstić information content (AvgIpc) is 3.21.